The maximum Gasteiger partial charge on any atom is 0.264 e. The van der Waals surface area contributed by atoms with Crippen molar-refractivity contribution < 1.29 is 17.6 Å². The Hall–Kier alpha value is -4.10. The van der Waals surface area contributed by atoms with Gasteiger partial charge in [0.25, 0.3) is 10.0 Å². The minimum Gasteiger partial charge on any atom is -0.464 e. The van der Waals surface area contributed by atoms with E-state index in [1.54, 1.807) is 42.7 Å². The van der Waals surface area contributed by atoms with Crippen molar-refractivity contribution in [3.63, 3.8) is 0 Å². The molecule has 1 amide bonds. The summed E-state index contributed by atoms with van der Waals surface area (Å²) in [6, 6.07) is 26.9. The van der Waals surface area contributed by atoms with Crippen LogP contribution in [0.25, 0.3) is 21.7 Å². The lowest BCUT2D eigenvalue weighted by molar-refractivity contribution is -0.115. The summed E-state index contributed by atoms with van der Waals surface area (Å²) < 4.78 is 32.8. The maximum atomic E-state index is 12.9. The van der Waals surface area contributed by atoms with E-state index in [9.17, 15) is 13.2 Å². The maximum absolute atomic E-state index is 12.9. The van der Waals surface area contributed by atoms with Gasteiger partial charge in [0, 0.05) is 23.7 Å². The van der Waals surface area contributed by atoms with Crippen LogP contribution >= 0.6 is 0 Å². The number of rotatable bonds is 6. The average molecular weight is 471 g/mol. The number of hydrogen-bond acceptors (Lipinski definition) is 4. The standard InChI is InChI=1S/C27H22N2O4S/c1-29(22-8-3-2-4-9-22)34(31,32)23-14-12-21(13-15-23)28-26(30)17-20-18-33-25-16-11-19-7-5-6-10-24(19)27(20)25/h2-16,18H,17H2,1H3,(H,28,30). The molecule has 0 atom stereocenters. The Balaban J connectivity index is 1.33. The van der Waals surface area contributed by atoms with Gasteiger partial charge in [-0.25, -0.2) is 8.42 Å². The van der Waals surface area contributed by atoms with Crippen molar-refractivity contribution >= 4 is 49.0 Å². The fourth-order valence-corrected chi connectivity index (χ4v) is 5.22. The number of carbonyl (C=O) groups excluding carboxylic acids is 1. The Morgan fingerprint density at radius 3 is 2.35 bits per heavy atom. The van der Waals surface area contributed by atoms with Gasteiger partial charge in [-0.15, -0.1) is 0 Å². The molecule has 34 heavy (non-hydrogen) atoms. The molecule has 0 bridgehead atoms. The van der Waals surface area contributed by atoms with E-state index in [0.717, 1.165) is 27.3 Å². The second-order valence-corrected chi connectivity index (χ2v) is 9.95. The third-order valence-electron chi connectivity index (χ3n) is 5.81. The molecular weight excluding hydrogens is 448 g/mol. The second-order valence-electron chi connectivity index (χ2n) is 7.98. The van der Waals surface area contributed by atoms with E-state index in [2.05, 4.69) is 5.32 Å². The van der Waals surface area contributed by atoms with Crippen LogP contribution in [0.15, 0.2) is 107 Å². The highest BCUT2D eigenvalue weighted by molar-refractivity contribution is 7.92. The molecule has 1 aromatic heterocycles. The first-order valence-electron chi connectivity index (χ1n) is 10.8. The number of furan rings is 1. The van der Waals surface area contributed by atoms with Crippen LogP contribution in [0.5, 0.6) is 0 Å². The first-order valence-corrected chi connectivity index (χ1v) is 12.2. The van der Waals surface area contributed by atoms with Crippen LogP contribution in [0.2, 0.25) is 0 Å². The molecule has 6 nitrogen and oxygen atoms in total. The van der Waals surface area contributed by atoms with Gasteiger partial charge >= 0.3 is 0 Å². The van der Waals surface area contributed by atoms with Gasteiger partial charge in [0.2, 0.25) is 5.91 Å². The predicted octanol–water partition coefficient (Wildman–Crippen LogP) is 5.59. The molecule has 0 unspecified atom stereocenters. The fourth-order valence-electron chi connectivity index (χ4n) is 4.03. The van der Waals surface area contributed by atoms with Crippen LogP contribution in [0.3, 0.4) is 0 Å². The van der Waals surface area contributed by atoms with Gasteiger partial charge in [0.05, 0.1) is 23.3 Å². The number of nitrogens with zero attached hydrogens (tertiary/aromatic N) is 1. The third kappa shape index (κ3) is 4.02. The molecule has 0 radical (unpaired) electrons. The van der Waals surface area contributed by atoms with Crippen molar-refractivity contribution in [3.8, 4) is 0 Å². The zero-order valence-electron chi connectivity index (χ0n) is 18.4. The molecule has 5 aromatic rings. The van der Waals surface area contributed by atoms with Gasteiger partial charge in [0.15, 0.2) is 0 Å². The Morgan fingerprint density at radius 2 is 1.59 bits per heavy atom. The fraction of sp³-hybridized carbons (Fsp3) is 0.0741. The summed E-state index contributed by atoms with van der Waals surface area (Å²) in [5, 5.41) is 5.89. The third-order valence-corrected chi connectivity index (χ3v) is 7.61. The number of sulfonamides is 1. The largest absolute Gasteiger partial charge is 0.464 e. The van der Waals surface area contributed by atoms with E-state index in [1.165, 1.54) is 23.5 Å². The van der Waals surface area contributed by atoms with Crippen LogP contribution in [0, 0.1) is 0 Å². The molecule has 1 heterocycles. The quantitative estimate of drug-likeness (QED) is 0.351. The number of amides is 1. The molecule has 7 heteroatoms. The van der Waals surface area contributed by atoms with Gasteiger partial charge in [0.1, 0.15) is 5.58 Å². The van der Waals surface area contributed by atoms with E-state index < -0.39 is 10.0 Å². The van der Waals surface area contributed by atoms with E-state index in [0.29, 0.717) is 11.4 Å². The lowest BCUT2D eigenvalue weighted by Crippen LogP contribution is -2.26. The van der Waals surface area contributed by atoms with Crippen LogP contribution in [0.1, 0.15) is 5.56 Å². The highest BCUT2D eigenvalue weighted by Crippen LogP contribution is 2.30. The monoisotopic (exact) mass is 470 g/mol. The zero-order chi connectivity index (χ0) is 23.7. The molecule has 0 aliphatic rings. The first-order chi connectivity index (χ1) is 16.4. The van der Waals surface area contributed by atoms with E-state index in [-0.39, 0.29) is 17.2 Å². The summed E-state index contributed by atoms with van der Waals surface area (Å²) in [5.74, 6) is -0.215. The summed E-state index contributed by atoms with van der Waals surface area (Å²) in [4.78, 5) is 12.9. The topological polar surface area (TPSA) is 79.6 Å². The zero-order valence-corrected chi connectivity index (χ0v) is 19.2. The van der Waals surface area contributed by atoms with Gasteiger partial charge in [-0.2, -0.15) is 0 Å². The normalized spacial score (nSPS) is 11.6. The van der Waals surface area contributed by atoms with Crippen molar-refractivity contribution in [1.29, 1.82) is 0 Å². The van der Waals surface area contributed by atoms with Crippen LogP contribution in [0.4, 0.5) is 11.4 Å². The molecule has 0 saturated carbocycles. The number of para-hydroxylation sites is 1. The Bertz CT molecular complexity index is 1590. The highest BCUT2D eigenvalue weighted by atomic mass is 32.2. The van der Waals surface area contributed by atoms with Crippen molar-refractivity contribution in [2.24, 2.45) is 0 Å². The minimum atomic E-state index is -3.72. The first kappa shape index (κ1) is 21.7. The number of fused-ring (bicyclic) bond motifs is 3. The summed E-state index contributed by atoms with van der Waals surface area (Å²) in [7, 11) is -2.20. The van der Waals surface area contributed by atoms with Crippen molar-refractivity contribution in [1.82, 2.24) is 0 Å². The molecule has 5 rings (SSSR count). The van der Waals surface area contributed by atoms with Crippen molar-refractivity contribution in [2.45, 2.75) is 11.3 Å². The number of benzene rings is 4. The van der Waals surface area contributed by atoms with Crippen LogP contribution < -0.4 is 9.62 Å². The number of hydrogen-bond donors (Lipinski definition) is 1. The smallest absolute Gasteiger partial charge is 0.264 e. The summed E-state index contributed by atoms with van der Waals surface area (Å²) in [6.45, 7) is 0. The molecule has 1 N–H and O–H groups in total. The second kappa shape index (κ2) is 8.68. The Kier molecular flexibility index (Phi) is 5.55. The SMILES string of the molecule is CN(c1ccccc1)S(=O)(=O)c1ccc(NC(=O)Cc2coc3ccc4ccccc4c23)cc1. The molecule has 0 aliphatic carbocycles. The Labute approximate surface area is 197 Å². The highest BCUT2D eigenvalue weighted by Gasteiger charge is 2.21. The van der Waals surface area contributed by atoms with Crippen LogP contribution in [-0.4, -0.2) is 21.4 Å². The van der Waals surface area contributed by atoms with Gasteiger partial charge < -0.3 is 9.73 Å². The van der Waals surface area contributed by atoms with E-state index in [1.807, 2.05) is 42.5 Å². The van der Waals surface area contributed by atoms with Crippen molar-refractivity contribution in [3.05, 3.63) is 103 Å². The molecule has 0 aliphatic heterocycles. The summed E-state index contributed by atoms with van der Waals surface area (Å²) in [5.41, 5.74) is 2.62. The van der Waals surface area contributed by atoms with Gasteiger partial charge in [-0.05, 0) is 53.2 Å². The van der Waals surface area contributed by atoms with Gasteiger partial charge in [-0.3, -0.25) is 9.10 Å². The Morgan fingerprint density at radius 1 is 0.882 bits per heavy atom. The molecule has 170 valence electrons. The lowest BCUT2D eigenvalue weighted by Gasteiger charge is -2.19. The van der Waals surface area contributed by atoms with E-state index in [4.69, 9.17) is 4.42 Å². The van der Waals surface area contributed by atoms with Crippen LogP contribution in [-0.2, 0) is 21.2 Å². The van der Waals surface area contributed by atoms with Gasteiger partial charge in [-0.1, -0.05) is 48.5 Å². The van der Waals surface area contributed by atoms with Crippen molar-refractivity contribution in [2.75, 3.05) is 16.7 Å². The molecular formula is C27H22N2O4S. The molecule has 0 saturated heterocycles. The lowest BCUT2D eigenvalue weighted by atomic mass is 10.0. The summed E-state index contributed by atoms with van der Waals surface area (Å²) in [6.07, 6.45) is 1.75. The molecule has 4 aromatic carbocycles. The molecule has 0 fully saturated rings. The summed E-state index contributed by atoms with van der Waals surface area (Å²) >= 11 is 0. The minimum absolute atomic E-state index is 0.137. The number of nitrogens with one attached hydrogen (secondary N) is 1. The van der Waals surface area contributed by atoms with E-state index >= 15 is 0 Å². The number of carbonyl (C=O) groups is 1. The predicted molar refractivity (Wildman–Crippen MR) is 135 cm³/mol. The molecule has 0 spiro atoms. The average Bonchev–Trinajstić information content (AvgIpc) is 3.27. The number of anilines is 2.